The van der Waals surface area contributed by atoms with E-state index in [1.807, 2.05) is 36.4 Å². The van der Waals surface area contributed by atoms with Crippen LogP contribution in [-0.2, 0) is 3.74 Å². The molecular weight excluding hydrogens is 269 g/mol. The summed E-state index contributed by atoms with van der Waals surface area (Å²) in [7, 11) is 0. The summed E-state index contributed by atoms with van der Waals surface area (Å²) in [6.45, 7) is 0. The molecule has 5 nitrogen and oxygen atoms in total. The number of nitrogens with one attached hydrogen (secondary N) is 1. The second-order valence-corrected chi connectivity index (χ2v) is 4.13. The summed E-state index contributed by atoms with van der Waals surface area (Å²) < 4.78 is 30.7. The maximum Gasteiger partial charge on any atom is -0.0623 e. The number of benzene rings is 1. The first-order valence-electron chi connectivity index (χ1n) is 3.24. The Labute approximate surface area is 89.9 Å². The summed E-state index contributed by atoms with van der Waals surface area (Å²) in [5, 5.41) is 7.36. The summed E-state index contributed by atoms with van der Waals surface area (Å²) in [6.07, 6.45) is 0. The minimum absolute atomic E-state index is 1.58. The smallest absolute Gasteiger partial charge is 0.0623 e. The van der Waals surface area contributed by atoms with E-state index in [4.69, 9.17) is 21.4 Å². The molecule has 0 aromatic heterocycles. The Kier molecular flexibility index (Phi) is 11.6. The van der Waals surface area contributed by atoms with E-state index in [0.29, 0.717) is 0 Å². The van der Waals surface area contributed by atoms with Crippen LogP contribution in [0.2, 0.25) is 0 Å². The molecule has 0 saturated carbocycles. The van der Waals surface area contributed by atoms with Gasteiger partial charge in [0, 0.05) is 0 Å². The molecular formula is C7H10AsNO4S. The normalized spacial score (nSPS) is 8.21. The Morgan fingerprint density at radius 2 is 1.07 bits per heavy atom. The van der Waals surface area contributed by atoms with Crippen LogP contribution in [0.15, 0.2) is 36.4 Å². The first kappa shape index (κ1) is 15.7. The van der Waals surface area contributed by atoms with Crippen molar-refractivity contribution in [3.8, 4) is 0 Å². The zero-order valence-electron chi connectivity index (χ0n) is 7.07. The van der Waals surface area contributed by atoms with Crippen LogP contribution in [0.3, 0.4) is 0 Å². The molecule has 0 spiro atoms. The van der Waals surface area contributed by atoms with Crippen molar-refractivity contribution in [1.29, 1.82) is 5.41 Å². The number of rotatable bonds is 0. The fourth-order valence-electron chi connectivity index (χ4n) is 0.385. The number of hydrogen-bond donors (Lipinski definition) is 4. The Balaban J connectivity index is 0. The maximum absolute atomic E-state index is 8.94. The van der Waals surface area contributed by atoms with Crippen LogP contribution >= 0.6 is 12.2 Å². The van der Waals surface area contributed by atoms with E-state index < -0.39 is 14.5 Å². The molecule has 1 rings (SSSR count). The predicted octanol–water partition coefficient (Wildman–Crippen LogP) is 0.184. The summed E-state index contributed by atoms with van der Waals surface area (Å²) in [6, 6.07) is 12.0. The number of isothiocyanates is 1. The molecule has 0 aliphatic carbocycles. The Hall–Kier alpha value is -0.742. The third-order valence-electron chi connectivity index (χ3n) is 0.667. The fraction of sp³-hybridized carbons (Fsp3) is 0. The van der Waals surface area contributed by atoms with Crippen LogP contribution in [0, 0.1) is 5.41 Å². The van der Waals surface area contributed by atoms with Gasteiger partial charge in [0.05, 0.1) is 5.16 Å². The summed E-state index contributed by atoms with van der Waals surface area (Å²) in [5.41, 5.74) is 0. The van der Waals surface area contributed by atoms with Gasteiger partial charge in [0.15, 0.2) is 0 Å². The molecule has 0 heterocycles. The minimum atomic E-state index is -5.12. The SMILES string of the molecule is N=C=S.O=[As](O)(O)O.c1ccccc1. The largest absolute Gasteiger partial charge is 0.0623 e. The monoisotopic (exact) mass is 279 g/mol. The molecule has 1 aromatic carbocycles. The van der Waals surface area contributed by atoms with Gasteiger partial charge >= 0.3 is 30.5 Å². The van der Waals surface area contributed by atoms with Crippen molar-refractivity contribution in [2.45, 2.75) is 0 Å². The molecule has 78 valence electrons. The molecule has 4 N–H and O–H groups in total. The van der Waals surface area contributed by atoms with Crippen molar-refractivity contribution in [2.75, 3.05) is 0 Å². The van der Waals surface area contributed by atoms with E-state index in [9.17, 15) is 0 Å². The molecule has 0 fully saturated rings. The van der Waals surface area contributed by atoms with Gasteiger partial charge in [-0.25, -0.2) is 5.41 Å². The van der Waals surface area contributed by atoms with Crippen LogP contribution in [0.5, 0.6) is 0 Å². The molecule has 14 heavy (non-hydrogen) atoms. The summed E-state index contributed by atoms with van der Waals surface area (Å²) >= 11 is -1.31. The van der Waals surface area contributed by atoms with Crippen molar-refractivity contribution >= 4 is 31.9 Å². The topological polar surface area (TPSA) is 102 Å². The predicted molar refractivity (Wildman–Crippen MR) is 54.9 cm³/mol. The molecule has 0 atom stereocenters. The zero-order chi connectivity index (χ0) is 11.4. The summed E-state index contributed by atoms with van der Waals surface area (Å²) in [4.78, 5) is 0. The first-order valence-corrected chi connectivity index (χ1v) is 6.93. The molecule has 0 aliphatic heterocycles. The summed E-state index contributed by atoms with van der Waals surface area (Å²) in [5.74, 6) is 0. The molecule has 0 aliphatic rings. The Morgan fingerprint density at radius 3 is 1.14 bits per heavy atom. The third kappa shape index (κ3) is 42.8. The van der Waals surface area contributed by atoms with Gasteiger partial charge in [0.25, 0.3) is 0 Å². The Bertz CT molecular complexity index is 259. The van der Waals surface area contributed by atoms with E-state index >= 15 is 0 Å². The van der Waals surface area contributed by atoms with Gasteiger partial charge in [-0.1, -0.05) is 36.4 Å². The average Bonchev–Trinajstić information content (AvgIpc) is 2.06. The van der Waals surface area contributed by atoms with E-state index in [0.717, 1.165) is 0 Å². The van der Waals surface area contributed by atoms with E-state index in [1.54, 1.807) is 5.16 Å². The third-order valence-corrected chi connectivity index (χ3v) is 0.667. The Morgan fingerprint density at radius 1 is 1.00 bits per heavy atom. The van der Waals surface area contributed by atoms with E-state index in [1.165, 1.54) is 0 Å². The van der Waals surface area contributed by atoms with Crippen LogP contribution in [0.1, 0.15) is 0 Å². The number of hydrogen-bond acceptors (Lipinski definition) is 3. The minimum Gasteiger partial charge on any atom is -0.0623 e. The molecule has 0 radical (unpaired) electrons. The average molecular weight is 279 g/mol. The van der Waals surface area contributed by atoms with Crippen LogP contribution in [-0.4, -0.2) is 32.0 Å². The maximum atomic E-state index is 8.94. The van der Waals surface area contributed by atoms with Crippen LogP contribution in [0.4, 0.5) is 0 Å². The van der Waals surface area contributed by atoms with Crippen molar-refractivity contribution < 1.29 is 16.0 Å². The zero-order valence-corrected chi connectivity index (χ0v) is 9.76. The van der Waals surface area contributed by atoms with E-state index in [-0.39, 0.29) is 0 Å². The van der Waals surface area contributed by atoms with Gasteiger partial charge < -0.3 is 0 Å². The fourth-order valence-corrected chi connectivity index (χ4v) is 0.385. The molecule has 0 bridgehead atoms. The van der Waals surface area contributed by atoms with Crippen LogP contribution in [0.25, 0.3) is 0 Å². The first-order chi connectivity index (χ1) is 6.41. The van der Waals surface area contributed by atoms with Gasteiger partial charge in [-0.05, 0) is 12.2 Å². The number of thiocarbonyl (C=S) groups is 1. The molecule has 7 heteroatoms. The van der Waals surface area contributed by atoms with Gasteiger partial charge in [-0.3, -0.25) is 0 Å². The second kappa shape index (κ2) is 10.3. The second-order valence-electron chi connectivity index (χ2n) is 1.77. The van der Waals surface area contributed by atoms with Crippen molar-refractivity contribution in [2.24, 2.45) is 0 Å². The van der Waals surface area contributed by atoms with Crippen molar-refractivity contribution in [3.05, 3.63) is 36.4 Å². The van der Waals surface area contributed by atoms with Crippen LogP contribution < -0.4 is 0 Å². The van der Waals surface area contributed by atoms with Crippen molar-refractivity contribution in [3.63, 3.8) is 0 Å². The molecule has 0 unspecified atom stereocenters. The van der Waals surface area contributed by atoms with Gasteiger partial charge in [0.1, 0.15) is 0 Å². The van der Waals surface area contributed by atoms with Crippen molar-refractivity contribution in [1.82, 2.24) is 0 Å². The van der Waals surface area contributed by atoms with E-state index in [2.05, 4.69) is 12.2 Å². The molecule has 0 saturated heterocycles. The standard InChI is InChI=1S/C6H6.CHNS.AsH3O4/c1-2-4-6-5-3-1;2-1-3;2-1(3,4)5/h1-6H;2H;(H3,2,3,4,5). The van der Waals surface area contributed by atoms with Gasteiger partial charge in [0.2, 0.25) is 0 Å². The molecule has 1 aromatic rings. The molecule has 0 amide bonds. The van der Waals surface area contributed by atoms with Gasteiger partial charge in [-0.2, -0.15) is 0 Å². The quantitative estimate of drug-likeness (QED) is 0.308. The van der Waals surface area contributed by atoms with Gasteiger partial charge in [-0.15, -0.1) is 0 Å².